The van der Waals surface area contributed by atoms with Crippen LogP contribution >= 0.6 is 15.9 Å². The monoisotopic (exact) mass is 449 g/mol. The van der Waals surface area contributed by atoms with Crippen molar-refractivity contribution in [3.05, 3.63) is 22.2 Å². The number of carbonyl (C=O) groups excluding carboxylic acids is 2. The van der Waals surface area contributed by atoms with E-state index in [9.17, 15) is 18.0 Å². The molecule has 1 atom stereocenters. The van der Waals surface area contributed by atoms with Gasteiger partial charge in [-0.3, -0.25) is 9.59 Å². The molecular weight excluding hydrogens is 430 g/mol. The number of halogens is 1. The highest BCUT2D eigenvalue weighted by Crippen LogP contribution is 2.33. The van der Waals surface area contributed by atoms with E-state index in [1.807, 2.05) is 0 Å². The first-order chi connectivity index (χ1) is 12.2. The van der Waals surface area contributed by atoms with Crippen LogP contribution in [0.3, 0.4) is 0 Å². The SMILES string of the molecule is COc1cc(Br)c(CC(=O)OCC(=O)N[C@H]2CCS(=O)(=O)C2)cc1OC. The molecule has 2 rings (SSSR count). The van der Waals surface area contributed by atoms with Crippen molar-refractivity contribution in [2.24, 2.45) is 0 Å². The molecule has 0 unspecified atom stereocenters. The molecule has 1 saturated heterocycles. The highest BCUT2D eigenvalue weighted by atomic mass is 79.9. The topological polar surface area (TPSA) is 108 Å². The summed E-state index contributed by atoms with van der Waals surface area (Å²) in [6.45, 7) is -0.458. The van der Waals surface area contributed by atoms with Crippen molar-refractivity contribution in [1.29, 1.82) is 0 Å². The van der Waals surface area contributed by atoms with Gasteiger partial charge in [-0.1, -0.05) is 15.9 Å². The first kappa shape index (κ1) is 20.5. The molecule has 10 heteroatoms. The summed E-state index contributed by atoms with van der Waals surface area (Å²) in [5, 5.41) is 2.56. The van der Waals surface area contributed by atoms with E-state index >= 15 is 0 Å². The quantitative estimate of drug-likeness (QED) is 0.614. The maximum absolute atomic E-state index is 12.0. The van der Waals surface area contributed by atoms with Gasteiger partial charge < -0.3 is 19.5 Å². The van der Waals surface area contributed by atoms with E-state index in [4.69, 9.17) is 14.2 Å². The van der Waals surface area contributed by atoms with E-state index in [0.29, 0.717) is 28.0 Å². The molecule has 0 radical (unpaired) electrons. The molecule has 1 aliphatic heterocycles. The summed E-state index contributed by atoms with van der Waals surface area (Å²) >= 11 is 3.35. The lowest BCUT2D eigenvalue weighted by atomic mass is 10.1. The van der Waals surface area contributed by atoms with Gasteiger partial charge in [0.05, 0.1) is 32.1 Å². The third kappa shape index (κ3) is 5.60. The number of sulfone groups is 1. The van der Waals surface area contributed by atoms with Crippen LogP contribution < -0.4 is 14.8 Å². The van der Waals surface area contributed by atoms with Crippen LogP contribution in [-0.2, 0) is 30.6 Å². The van der Waals surface area contributed by atoms with E-state index in [2.05, 4.69) is 21.2 Å². The highest BCUT2D eigenvalue weighted by Gasteiger charge is 2.29. The summed E-state index contributed by atoms with van der Waals surface area (Å²) in [5.74, 6) is -0.143. The molecule has 0 bridgehead atoms. The van der Waals surface area contributed by atoms with Gasteiger partial charge in [0.2, 0.25) is 0 Å². The highest BCUT2D eigenvalue weighted by molar-refractivity contribution is 9.10. The van der Waals surface area contributed by atoms with E-state index in [0.717, 1.165) is 0 Å². The number of hydrogen-bond acceptors (Lipinski definition) is 7. The van der Waals surface area contributed by atoms with Crippen LogP contribution in [0.5, 0.6) is 11.5 Å². The molecule has 0 aromatic heterocycles. The smallest absolute Gasteiger partial charge is 0.310 e. The Bertz CT molecular complexity index is 794. The summed E-state index contributed by atoms with van der Waals surface area (Å²) in [5.41, 5.74) is 0.620. The molecule has 8 nitrogen and oxygen atoms in total. The molecule has 1 amide bonds. The number of carbonyl (C=O) groups is 2. The van der Waals surface area contributed by atoms with E-state index < -0.39 is 34.4 Å². The molecule has 1 aromatic carbocycles. The van der Waals surface area contributed by atoms with Crippen LogP contribution in [0.15, 0.2) is 16.6 Å². The normalized spacial score (nSPS) is 18.2. The molecular formula is C16H20BrNO7S. The number of benzene rings is 1. The molecule has 0 spiro atoms. The standard InChI is InChI=1S/C16H20BrNO7S/c1-23-13-5-10(12(17)7-14(13)24-2)6-16(20)25-8-15(19)18-11-3-4-26(21,22)9-11/h5,7,11H,3-4,6,8-9H2,1-2H3,(H,18,19)/t11-/m0/s1. The van der Waals surface area contributed by atoms with Gasteiger partial charge in [0.1, 0.15) is 0 Å². The Morgan fingerprint density at radius 3 is 2.46 bits per heavy atom. The minimum Gasteiger partial charge on any atom is -0.493 e. The summed E-state index contributed by atoms with van der Waals surface area (Å²) in [6, 6.07) is 2.90. The fraction of sp³-hybridized carbons (Fsp3) is 0.500. The minimum atomic E-state index is -3.08. The van der Waals surface area contributed by atoms with Crippen LogP contribution in [0, 0.1) is 0 Å². The minimum absolute atomic E-state index is 0.0606. The fourth-order valence-electron chi connectivity index (χ4n) is 2.56. The molecule has 0 aliphatic carbocycles. The second-order valence-corrected chi connectivity index (χ2v) is 8.89. The molecule has 144 valence electrons. The van der Waals surface area contributed by atoms with Crippen molar-refractivity contribution in [1.82, 2.24) is 5.32 Å². The third-order valence-corrected chi connectivity index (χ3v) is 6.36. The zero-order valence-corrected chi connectivity index (χ0v) is 16.8. The molecule has 1 fully saturated rings. The Morgan fingerprint density at radius 2 is 1.88 bits per heavy atom. The summed E-state index contributed by atoms with van der Waals surface area (Å²) in [4.78, 5) is 23.8. The van der Waals surface area contributed by atoms with Crippen molar-refractivity contribution >= 4 is 37.6 Å². The zero-order chi connectivity index (χ0) is 19.3. The van der Waals surface area contributed by atoms with Crippen molar-refractivity contribution in [2.75, 3.05) is 32.3 Å². The van der Waals surface area contributed by atoms with Gasteiger partial charge in [-0.25, -0.2) is 8.42 Å². The predicted molar refractivity (Wildman–Crippen MR) is 97.1 cm³/mol. The van der Waals surface area contributed by atoms with E-state index in [1.165, 1.54) is 14.2 Å². The van der Waals surface area contributed by atoms with Gasteiger partial charge >= 0.3 is 5.97 Å². The number of hydrogen-bond donors (Lipinski definition) is 1. The first-order valence-corrected chi connectivity index (χ1v) is 10.4. The van der Waals surface area contributed by atoms with Crippen LogP contribution in [0.1, 0.15) is 12.0 Å². The van der Waals surface area contributed by atoms with Gasteiger partial charge in [-0.2, -0.15) is 0 Å². The molecule has 1 aliphatic rings. The molecule has 26 heavy (non-hydrogen) atoms. The molecule has 1 aromatic rings. The maximum Gasteiger partial charge on any atom is 0.310 e. The summed E-state index contributed by atoms with van der Waals surface area (Å²) < 4.78 is 38.7. The van der Waals surface area contributed by atoms with Gasteiger partial charge in [0, 0.05) is 10.5 Å². The van der Waals surface area contributed by atoms with Gasteiger partial charge in [-0.05, 0) is 24.1 Å². The van der Waals surface area contributed by atoms with Crippen LogP contribution in [0.4, 0.5) is 0 Å². The number of methoxy groups -OCH3 is 2. The van der Waals surface area contributed by atoms with Gasteiger partial charge in [-0.15, -0.1) is 0 Å². The average molecular weight is 450 g/mol. The van der Waals surface area contributed by atoms with Crippen LogP contribution in [0.25, 0.3) is 0 Å². The predicted octanol–water partition coefficient (Wildman–Crippen LogP) is 0.855. The third-order valence-electron chi connectivity index (χ3n) is 3.85. The average Bonchev–Trinajstić information content (AvgIpc) is 2.92. The Morgan fingerprint density at radius 1 is 1.23 bits per heavy atom. The lowest BCUT2D eigenvalue weighted by Gasteiger charge is -2.13. The second kappa shape index (κ2) is 8.72. The Labute approximate surface area is 160 Å². The van der Waals surface area contributed by atoms with Gasteiger partial charge in [0.15, 0.2) is 27.9 Å². The summed E-state index contributed by atoms with van der Waals surface area (Å²) in [7, 11) is -0.0861. The van der Waals surface area contributed by atoms with Crippen molar-refractivity contribution in [3.63, 3.8) is 0 Å². The molecule has 0 saturated carbocycles. The van der Waals surface area contributed by atoms with Crippen molar-refractivity contribution in [3.8, 4) is 11.5 Å². The number of esters is 1. The van der Waals surface area contributed by atoms with Crippen LogP contribution in [0.2, 0.25) is 0 Å². The van der Waals surface area contributed by atoms with E-state index in [1.54, 1.807) is 12.1 Å². The molecule has 1 heterocycles. The maximum atomic E-state index is 12.0. The van der Waals surface area contributed by atoms with E-state index in [-0.39, 0.29) is 17.9 Å². The summed E-state index contributed by atoms with van der Waals surface area (Å²) in [6.07, 6.45) is 0.312. The number of ether oxygens (including phenoxy) is 3. The van der Waals surface area contributed by atoms with Crippen molar-refractivity contribution < 1.29 is 32.2 Å². The Balaban J connectivity index is 1.86. The van der Waals surface area contributed by atoms with Crippen LogP contribution in [-0.4, -0.2) is 58.7 Å². The Hall–Kier alpha value is -1.81. The van der Waals surface area contributed by atoms with Gasteiger partial charge in [0.25, 0.3) is 5.91 Å². The lowest BCUT2D eigenvalue weighted by molar-refractivity contribution is -0.148. The molecule has 1 N–H and O–H groups in total. The largest absolute Gasteiger partial charge is 0.493 e. The fourth-order valence-corrected chi connectivity index (χ4v) is 4.70. The first-order valence-electron chi connectivity index (χ1n) is 7.80. The number of rotatable bonds is 7. The zero-order valence-electron chi connectivity index (χ0n) is 14.4. The number of nitrogens with one attached hydrogen (secondary N) is 1. The Kier molecular flexibility index (Phi) is 6.87. The van der Waals surface area contributed by atoms with Crippen molar-refractivity contribution in [2.45, 2.75) is 18.9 Å². The second-order valence-electron chi connectivity index (χ2n) is 5.80. The number of amides is 1. The lowest BCUT2D eigenvalue weighted by Crippen LogP contribution is -2.38.